The van der Waals surface area contributed by atoms with Crippen molar-refractivity contribution >= 4 is 34.0 Å². The van der Waals surface area contributed by atoms with Crippen molar-refractivity contribution < 1.29 is 12.8 Å². The second-order valence-electron chi connectivity index (χ2n) is 5.53. The van der Waals surface area contributed by atoms with Crippen molar-refractivity contribution in [2.24, 2.45) is 0 Å². The lowest BCUT2D eigenvalue weighted by Crippen LogP contribution is -2.47. The maximum Gasteiger partial charge on any atom is 0.240 e. The Labute approximate surface area is 134 Å². The van der Waals surface area contributed by atoms with Gasteiger partial charge in [-0.2, -0.15) is 0 Å². The summed E-state index contributed by atoms with van der Waals surface area (Å²) < 4.78 is 40.5. The van der Waals surface area contributed by atoms with E-state index in [1.54, 1.807) is 0 Å². The summed E-state index contributed by atoms with van der Waals surface area (Å²) in [4.78, 5) is -0.117. The van der Waals surface area contributed by atoms with Gasteiger partial charge in [0.1, 0.15) is 5.82 Å². The number of benzene rings is 1. The molecule has 0 radical (unpaired) electrons. The molecule has 2 bridgehead atoms. The lowest BCUT2D eigenvalue weighted by Gasteiger charge is -2.29. The van der Waals surface area contributed by atoms with E-state index in [4.69, 9.17) is 11.6 Å². The van der Waals surface area contributed by atoms with Crippen LogP contribution in [0.25, 0.3) is 0 Å². The Hall–Kier alpha value is -0.400. The average Bonchev–Trinajstić information content (AvgIpc) is 2.67. The van der Waals surface area contributed by atoms with E-state index < -0.39 is 15.8 Å². The lowest BCUT2D eigenvalue weighted by molar-refractivity contribution is 0.345. The summed E-state index contributed by atoms with van der Waals surface area (Å²) in [6.07, 6.45) is 3.74. The summed E-state index contributed by atoms with van der Waals surface area (Å²) in [6.45, 7) is 0. The SMILES string of the molecule is Cl.O=S(=O)(NC1CC2CCC(C1)N2)c1cc(F)cc(Cl)c1. The second kappa shape index (κ2) is 6.38. The Morgan fingerprint density at radius 3 is 2.38 bits per heavy atom. The molecule has 21 heavy (non-hydrogen) atoms. The maximum atomic E-state index is 13.3. The van der Waals surface area contributed by atoms with E-state index in [9.17, 15) is 12.8 Å². The maximum absolute atomic E-state index is 13.3. The zero-order chi connectivity index (χ0) is 14.3. The lowest BCUT2D eigenvalue weighted by atomic mass is 10.0. The average molecular weight is 355 g/mol. The zero-order valence-corrected chi connectivity index (χ0v) is 13.6. The molecule has 4 nitrogen and oxygen atoms in total. The number of rotatable bonds is 3. The van der Waals surface area contributed by atoms with Gasteiger partial charge in [-0.15, -0.1) is 12.4 Å². The minimum absolute atomic E-state index is 0. The summed E-state index contributed by atoms with van der Waals surface area (Å²) in [7, 11) is -3.73. The first-order valence-electron chi connectivity index (χ1n) is 6.67. The van der Waals surface area contributed by atoms with Gasteiger partial charge in [0.25, 0.3) is 0 Å². The van der Waals surface area contributed by atoms with Gasteiger partial charge >= 0.3 is 0 Å². The van der Waals surface area contributed by atoms with E-state index in [0.717, 1.165) is 37.8 Å². The van der Waals surface area contributed by atoms with Gasteiger partial charge in [-0.3, -0.25) is 0 Å². The summed E-state index contributed by atoms with van der Waals surface area (Å²) in [5.41, 5.74) is 0. The van der Waals surface area contributed by atoms with E-state index in [2.05, 4.69) is 10.0 Å². The molecule has 2 unspecified atom stereocenters. The first-order valence-corrected chi connectivity index (χ1v) is 8.53. The van der Waals surface area contributed by atoms with Crippen molar-refractivity contribution in [2.75, 3.05) is 0 Å². The van der Waals surface area contributed by atoms with Gasteiger partial charge in [-0.25, -0.2) is 17.5 Å². The van der Waals surface area contributed by atoms with E-state index in [0.29, 0.717) is 12.1 Å². The Morgan fingerprint density at radius 1 is 1.19 bits per heavy atom. The van der Waals surface area contributed by atoms with Gasteiger partial charge in [0, 0.05) is 23.1 Å². The molecule has 2 aliphatic rings. The third kappa shape index (κ3) is 3.87. The molecule has 2 atom stereocenters. The Kier molecular flexibility index (Phi) is 5.15. The number of nitrogens with one attached hydrogen (secondary N) is 2. The fourth-order valence-electron chi connectivity index (χ4n) is 3.12. The number of sulfonamides is 1. The minimum Gasteiger partial charge on any atom is -0.311 e. The second-order valence-corrected chi connectivity index (χ2v) is 7.68. The van der Waals surface area contributed by atoms with Crippen LogP contribution in [0.2, 0.25) is 5.02 Å². The highest BCUT2D eigenvalue weighted by Crippen LogP contribution is 2.28. The smallest absolute Gasteiger partial charge is 0.240 e. The first-order chi connectivity index (χ1) is 9.42. The van der Waals surface area contributed by atoms with Gasteiger partial charge in [-0.05, 0) is 43.9 Å². The van der Waals surface area contributed by atoms with Crippen LogP contribution in [0.4, 0.5) is 4.39 Å². The molecule has 0 aliphatic carbocycles. The standard InChI is InChI=1S/C13H16ClFN2O2S.ClH/c14-8-3-9(15)5-13(4-8)20(18,19)17-12-6-10-1-2-11(7-12)16-10;/h3-5,10-12,16-17H,1-2,6-7H2;1H. The molecular weight excluding hydrogens is 338 g/mol. The molecular formula is C13H17Cl2FN2O2S. The van der Waals surface area contributed by atoms with Crippen LogP contribution in [0, 0.1) is 5.82 Å². The van der Waals surface area contributed by atoms with Crippen molar-refractivity contribution in [3.8, 4) is 0 Å². The number of hydrogen-bond acceptors (Lipinski definition) is 3. The monoisotopic (exact) mass is 354 g/mol. The zero-order valence-electron chi connectivity index (χ0n) is 11.2. The number of fused-ring (bicyclic) bond motifs is 2. The van der Waals surface area contributed by atoms with Crippen LogP contribution in [0.3, 0.4) is 0 Å². The van der Waals surface area contributed by atoms with E-state index in [1.165, 1.54) is 6.07 Å². The van der Waals surface area contributed by atoms with Crippen LogP contribution in [-0.4, -0.2) is 26.5 Å². The van der Waals surface area contributed by atoms with Gasteiger partial charge < -0.3 is 5.32 Å². The number of halogens is 3. The molecule has 1 aromatic carbocycles. The molecule has 0 spiro atoms. The van der Waals surface area contributed by atoms with E-state index >= 15 is 0 Å². The van der Waals surface area contributed by atoms with Crippen molar-refractivity contribution in [1.29, 1.82) is 0 Å². The third-order valence-electron chi connectivity index (χ3n) is 3.94. The van der Waals surface area contributed by atoms with Crippen LogP contribution < -0.4 is 10.0 Å². The first kappa shape index (κ1) is 17.0. The van der Waals surface area contributed by atoms with E-state index in [-0.39, 0.29) is 28.4 Å². The van der Waals surface area contributed by atoms with Crippen LogP contribution in [0.1, 0.15) is 25.7 Å². The van der Waals surface area contributed by atoms with Gasteiger partial charge in [0.2, 0.25) is 10.0 Å². The Balaban J connectivity index is 0.00000161. The number of hydrogen-bond donors (Lipinski definition) is 2. The van der Waals surface area contributed by atoms with Crippen LogP contribution in [0.15, 0.2) is 23.1 Å². The molecule has 0 amide bonds. The molecule has 2 N–H and O–H groups in total. The molecule has 8 heteroatoms. The van der Waals surface area contributed by atoms with Crippen molar-refractivity contribution in [3.63, 3.8) is 0 Å². The largest absolute Gasteiger partial charge is 0.311 e. The van der Waals surface area contributed by atoms with Crippen LogP contribution in [-0.2, 0) is 10.0 Å². The quantitative estimate of drug-likeness (QED) is 0.876. The van der Waals surface area contributed by atoms with Crippen LogP contribution in [0.5, 0.6) is 0 Å². The third-order valence-corrected chi connectivity index (χ3v) is 5.66. The number of piperidine rings is 1. The Bertz CT molecular complexity index is 594. The normalized spacial score (nSPS) is 28.2. The van der Waals surface area contributed by atoms with Crippen LogP contribution >= 0.6 is 24.0 Å². The topological polar surface area (TPSA) is 58.2 Å². The molecule has 2 aliphatic heterocycles. The fourth-order valence-corrected chi connectivity index (χ4v) is 4.73. The van der Waals surface area contributed by atoms with Gasteiger partial charge in [0.15, 0.2) is 0 Å². The fraction of sp³-hybridized carbons (Fsp3) is 0.538. The summed E-state index contributed by atoms with van der Waals surface area (Å²) in [5, 5.41) is 3.53. The predicted molar refractivity (Wildman–Crippen MR) is 81.9 cm³/mol. The molecule has 2 fully saturated rings. The minimum atomic E-state index is -3.73. The molecule has 3 rings (SSSR count). The highest BCUT2D eigenvalue weighted by atomic mass is 35.5. The Morgan fingerprint density at radius 2 is 1.81 bits per heavy atom. The van der Waals surface area contributed by atoms with Gasteiger partial charge in [-0.1, -0.05) is 11.6 Å². The van der Waals surface area contributed by atoms with Crippen molar-refractivity contribution in [1.82, 2.24) is 10.0 Å². The molecule has 2 heterocycles. The summed E-state index contributed by atoms with van der Waals surface area (Å²) in [6, 6.07) is 4.02. The summed E-state index contributed by atoms with van der Waals surface area (Å²) in [5.74, 6) is -0.650. The van der Waals surface area contributed by atoms with Crippen molar-refractivity contribution in [3.05, 3.63) is 29.0 Å². The predicted octanol–water partition coefficient (Wildman–Crippen LogP) is 2.46. The highest BCUT2D eigenvalue weighted by Gasteiger charge is 2.35. The van der Waals surface area contributed by atoms with E-state index in [1.807, 2.05) is 0 Å². The molecule has 1 aromatic rings. The van der Waals surface area contributed by atoms with Gasteiger partial charge in [0.05, 0.1) is 4.90 Å². The molecule has 2 saturated heterocycles. The van der Waals surface area contributed by atoms with Crippen molar-refractivity contribution in [2.45, 2.75) is 48.7 Å². The highest BCUT2D eigenvalue weighted by molar-refractivity contribution is 7.89. The molecule has 0 aromatic heterocycles. The summed E-state index contributed by atoms with van der Waals surface area (Å²) >= 11 is 5.71. The molecule has 0 saturated carbocycles. The molecule has 118 valence electrons.